The molecular weight excluding hydrogens is 321 g/mol. The Morgan fingerprint density at radius 2 is 2.00 bits per heavy atom. The Balaban J connectivity index is 0.00000176. The van der Waals surface area contributed by atoms with E-state index in [0.29, 0.717) is 11.6 Å². The average molecular weight is 344 g/mol. The summed E-state index contributed by atoms with van der Waals surface area (Å²) in [4.78, 5) is 14.5. The Kier molecular flexibility index (Phi) is 6.09. The molecule has 122 valence electrons. The number of carbonyl (C=O) groups is 1. The third kappa shape index (κ3) is 3.93. The van der Waals surface area contributed by atoms with Gasteiger partial charge >= 0.3 is 0 Å². The molecule has 2 heterocycles. The van der Waals surface area contributed by atoms with Crippen LogP contribution in [0.2, 0.25) is 5.02 Å². The topological polar surface area (TPSA) is 44.4 Å². The van der Waals surface area contributed by atoms with Crippen LogP contribution in [0.1, 0.15) is 18.5 Å². The van der Waals surface area contributed by atoms with E-state index in [-0.39, 0.29) is 24.4 Å². The van der Waals surface area contributed by atoms with E-state index in [1.807, 2.05) is 31.2 Å². The fourth-order valence-electron chi connectivity index (χ4n) is 3.48. The Labute approximate surface area is 143 Å². The second-order valence-electron chi connectivity index (χ2n) is 6.18. The van der Waals surface area contributed by atoms with Crippen LogP contribution in [0.5, 0.6) is 0 Å². The molecule has 1 aromatic rings. The molecule has 2 aliphatic heterocycles. The van der Waals surface area contributed by atoms with Gasteiger partial charge in [0.25, 0.3) is 0 Å². The van der Waals surface area contributed by atoms with Crippen LogP contribution >= 0.6 is 24.0 Å². The maximum Gasteiger partial charge on any atom is 0.234 e. The number of rotatable bonds is 4. The Hall–Kier alpha value is -0.810. The van der Waals surface area contributed by atoms with Crippen molar-refractivity contribution in [3.8, 4) is 0 Å². The van der Waals surface area contributed by atoms with Crippen LogP contribution in [-0.4, -0.2) is 43.5 Å². The number of halogens is 2. The van der Waals surface area contributed by atoms with Gasteiger partial charge in [-0.2, -0.15) is 0 Å². The number of hydrogen-bond donors (Lipinski definition) is 2. The summed E-state index contributed by atoms with van der Waals surface area (Å²) in [6.45, 7) is 6.72. The monoisotopic (exact) mass is 343 g/mol. The van der Waals surface area contributed by atoms with Gasteiger partial charge in [-0.15, -0.1) is 12.4 Å². The van der Waals surface area contributed by atoms with Crippen LogP contribution in [-0.2, 0) is 4.79 Å². The number of nitrogens with zero attached hydrogens (tertiary/aromatic N) is 1. The van der Waals surface area contributed by atoms with Crippen molar-refractivity contribution in [2.75, 3.05) is 32.7 Å². The van der Waals surface area contributed by atoms with Gasteiger partial charge in [0.1, 0.15) is 0 Å². The molecule has 1 unspecified atom stereocenters. The van der Waals surface area contributed by atoms with E-state index in [1.165, 1.54) is 0 Å². The second-order valence-corrected chi connectivity index (χ2v) is 6.59. The molecule has 6 heteroatoms. The summed E-state index contributed by atoms with van der Waals surface area (Å²) in [7, 11) is 0. The van der Waals surface area contributed by atoms with Crippen molar-refractivity contribution < 1.29 is 4.79 Å². The lowest BCUT2D eigenvalue weighted by atomic mass is 10.0. The fourth-order valence-corrected chi connectivity index (χ4v) is 3.78. The first kappa shape index (κ1) is 17.5. The van der Waals surface area contributed by atoms with Crippen molar-refractivity contribution in [2.45, 2.75) is 13.0 Å². The molecule has 0 radical (unpaired) electrons. The molecule has 4 nitrogen and oxygen atoms in total. The van der Waals surface area contributed by atoms with E-state index in [9.17, 15) is 4.79 Å². The van der Waals surface area contributed by atoms with Crippen molar-refractivity contribution in [3.63, 3.8) is 0 Å². The molecule has 2 saturated heterocycles. The molecular formula is C16H23Cl2N3O. The Morgan fingerprint density at radius 1 is 1.36 bits per heavy atom. The van der Waals surface area contributed by atoms with Gasteiger partial charge in [0.05, 0.1) is 12.6 Å². The van der Waals surface area contributed by atoms with E-state index in [1.54, 1.807) is 0 Å². The number of hydrogen-bond acceptors (Lipinski definition) is 3. The average Bonchev–Trinajstić information content (AvgIpc) is 2.99. The van der Waals surface area contributed by atoms with E-state index >= 15 is 0 Å². The molecule has 1 amide bonds. The first-order valence-corrected chi connectivity index (χ1v) is 7.98. The molecule has 2 fully saturated rings. The molecule has 3 rings (SSSR count). The number of carbonyl (C=O) groups excluding carboxylic acids is 1. The van der Waals surface area contributed by atoms with Gasteiger partial charge in [-0.1, -0.05) is 29.8 Å². The molecule has 0 saturated carbocycles. The summed E-state index contributed by atoms with van der Waals surface area (Å²) >= 11 is 6.17. The van der Waals surface area contributed by atoms with Crippen molar-refractivity contribution in [2.24, 2.45) is 11.8 Å². The number of fused-ring (bicyclic) bond motifs is 1. The summed E-state index contributed by atoms with van der Waals surface area (Å²) in [6, 6.07) is 7.60. The van der Waals surface area contributed by atoms with E-state index in [2.05, 4.69) is 15.5 Å². The van der Waals surface area contributed by atoms with Crippen LogP contribution in [0.15, 0.2) is 24.3 Å². The normalized spacial score (nSPS) is 25.4. The Bertz CT molecular complexity index is 514. The predicted molar refractivity (Wildman–Crippen MR) is 91.5 cm³/mol. The highest BCUT2D eigenvalue weighted by Gasteiger charge is 2.36. The molecule has 0 aliphatic carbocycles. The molecule has 0 spiro atoms. The van der Waals surface area contributed by atoms with E-state index in [0.717, 1.165) is 43.6 Å². The maximum absolute atomic E-state index is 12.2. The van der Waals surface area contributed by atoms with Crippen LogP contribution in [0.4, 0.5) is 0 Å². The third-order valence-corrected chi connectivity index (χ3v) is 4.93. The number of amides is 1. The smallest absolute Gasteiger partial charge is 0.234 e. The number of benzene rings is 1. The largest absolute Gasteiger partial charge is 0.348 e. The molecule has 1 aromatic carbocycles. The lowest BCUT2D eigenvalue weighted by molar-refractivity contribution is -0.122. The highest BCUT2D eigenvalue weighted by Crippen LogP contribution is 2.26. The minimum absolute atomic E-state index is 0. The van der Waals surface area contributed by atoms with Crippen LogP contribution in [0.25, 0.3) is 0 Å². The summed E-state index contributed by atoms with van der Waals surface area (Å²) in [5.41, 5.74) is 0.968. The van der Waals surface area contributed by atoms with Crippen molar-refractivity contribution in [1.29, 1.82) is 0 Å². The summed E-state index contributed by atoms with van der Waals surface area (Å²) in [5, 5.41) is 7.17. The lowest BCUT2D eigenvalue weighted by Crippen LogP contribution is -2.38. The van der Waals surface area contributed by atoms with Gasteiger partial charge in [-0.25, -0.2) is 0 Å². The molecule has 2 aliphatic rings. The fraction of sp³-hybridized carbons (Fsp3) is 0.562. The highest BCUT2D eigenvalue weighted by molar-refractivity contribution is 6.31. The van der Waals surface area contributed by atoms with Crippen molar-refractivity contribution >= 4 is 29.9 Å². The zero-order valence-electron chi connectivity index (χ0n) is 12.7. The summed E-state index contributed by atoms with van der Waals surface area (Å²) < 4.78 is 0. The lowest BCUT2D eigenvalue weighted by Gasteiger charge is -2.20. The summed E-state index contributed by atoms with van der Waals surface area (Å²) in [6.07, 6.45) is 0. The minimum Gasteiger partial charge on any atom is -0.348 e. The molecule has 0 aromatic heterocycles. The predicted octanol–water partition coefficient (Wildman–Crippen LogP) is 2.09. The van der Waals surface area contributed by atoms with Crippen molar-refractivity contribution in [1.82, 2.24) is 15.5 Å². The van der Waals surface area contributed by atoms with Crippen molar-refractivity contribution in [3.05, 3.63) is 34.9 Å². The Morgan fingerprint density at radius 3 is 2.64 bits per heavy atom. The van der Waals surface area contributed by atoms with Gasteiger partial charge in [0, 0.05) is 18.1 Å². The van der Waals surface area contributed by atoms with Crippen LogP contribution in [0, 0.1) is 11.8 Å². The standard InChI is InChI=1S/C16H22ClN3O.ClH/c1-11(14-4-2-3-5-15(14)17)19-16(21)10-20-8-12-6-18-7-13(12)9-20;/h2-5,11-13,18H,6-10H2,1H3,(H,19,21);1H/t11?,12-,13+;. The first-order valence-electron chi connectivity index (χ1n) is 7.60. The van der Waals surface area contributed by atoms with Crippen LogP contribution < -0.4 is 10.6 Å². The number of nitrogens with one attached hydrogen (secondary N) is 2. The van der Waals surface area contributed by atoms with Gasteiger partial charge < -0.3 is 10.6 Å². The van der Waals surface area contributed by atoms with E-state index in [4.69, 9.17) is 11.6 Å². The molecule has 0 bridgehead atoms. The van der Waals surface area contributed by atoms with Gasteiger partial charge in [0.15, 0.2) is 0 Å². The van der Waals surface area contributed by atoms with Gasteiger partial charge in [0.2, 0.25) is 5.91 Å². The third-order valence-electron chi connectivity index (χ3n) is 4.58. The van der Waals surface area contributed by atoms with Crippen LogP contribution in [0.3, 0.4) is 0 Å². The SMILES string of the molecule is CC(NC(=O)CN1C[C@H]2CNC[C@H]2C1)c1ccccc1Cl.Cl. The van der Waals surface area contributed by atoms with Gasteiger partial charge in [-0.05, 0) is 43.5 Å². The quantitative estimate of drug-likeness (QED) is 0.879. The number of likely N-dealkylation sites (tertiary alicyclic amines) is 1. The molecule has 3 atom stereocenters. The maximum atomic E-state index is 12.2. The second kappa shape index (κ2) is 7.64. The summed E-state index contributed by atoms with van der Waals surface area (Å²) in [5.74, 6) is 1.52. The van der Waals surface area contributed by atoms with E-state index < -0.39 is 0 Å². The molecule has 2 N–H and O–H groups in total. The highest BCUT2D eigenvalue weighted by atomic mass is 35.5. The zero-order valence-corrected chi connectivity index (χ0v) is 14.3. The molecule has 22 heavy (non-hydrogen) atoms. The zero-order chi connectivity index (χ0) is 14.8. The van der Waals surface area contributed by atoms with Gasteiger partial charge in [-0.3, -0.25) is 9.69 Å². The first-order chi connectivity index (χ1) is 10.1. The minimum atomic E-state index is -0.0602.